The first-order valence-corrected chi connectivity index (χ1v) is 10.1. The molecule has 2 N–H and O–H groups in total. The summed E-state index contributed by atoms with van der Waals surface area (Å²) in [4.78, 5) is 4.51. The molecule has 4 saturated carbocycles. The highest BCUT2D eigenvalue weighted by molar-refractivity contribution is 5.80. The van der Waals surface area contributed by atoms with E-state index in [1.165, 1.54) is 6.92 Å². The summed E-state index contributed by atoms with van der Waals surface area (Å²) in [5.74, 6) is 0.971. The van der Waals surface area contributed by atoms with Crippen LogP contribution in [0.5, 0.6) is 5.75 Å². The number of aliphatic hydroxyl groups excluding tert-OH is 1. The number of aliphatic hydroxyl groups is 1. The van der Waals surface area contributed by atoms with Gasteiger partial charge in [-0.3, -0.25) is 4.68 Å². The van der Waals surface area contributed by atoms with E-state index in [0.29, 0.717) is 34.7 Å². The number of aromatic nitrogens is 3. The predicted molar refractivity (Wildman–Crippen MR) is 103 cm³/mol. The summed E-state index contributed by atoms with van der Waals surface area (Å²) in [5.41, 5.74) is 0.732. The third-order valence-electron chi connectivity index (χ3n) is 7.55. The molecule has 4 aliphatic rings. The number of alkyl halides is 3. The van der Waals surface area contributed by atoms with Gasteiger partial charge in [-0.25, -0.2) is 4.98 Å². The van der Waals surface area contributed by atoms with Crippen molar-refractivity contribution in [1.82, 2.24) is 14.8 Å². The number of hydrogen-bond donors (Lipinski definition) is 2. The molecule has 2 aromatic heterocycles. The van der Waals surface area contributed by atoms with Crippen LogP contribution in [0.4, 0.5) is 13.2 Å². The van der Waals surface area contributed by atoms with Crippen molar-refractivity contribution in [2.24, 2.45) is 23.2 Å². The second-order valence-corrected chi connectivity index (χ2v) is 9.18. The number of phenolic OH excluding ortho intramolecular Hbond substituents is 1. The normalized spacial score (nSPS) is 31.6. The molecule has 5 atom stereocenters. The van der Waals surface area contributed by atoms with Crippen LogP contribution in [0.3, 0.4) is 0 Å². The van der Waals surface area contributed by atoms with E-state index in [4.69, 9.17) is 0 Å². The summed E-state index contributed by atoms with van der Waals surface area (Å²) in [7, 11) is 0. The monoisotopic (exact) mass is 415 g/mol. The molecule has 0 spiro atoms. The Morgan fingerprint density at radius 1 is 1.27 bits per heavy atom. The van der Waals surface area contributed by atoms with Gasteiger partial charge in [0, 0.05) is 23.7 Å². The van der Waals surface area contributed by atoms with Gasteiger partial charge in [0.1, 0.15) is 5.75 Å². The average molecular weight is 415 g/mol. The molecule has 4 aliphatic carbocycles. The van der Waals surface area contributed by atoms with Crippen molar-refractivity contribution >= 4 is 11.0 Å². The Balaban J connectivity index is 1.34. The van der Waals surface area contributed by atoms with Gasteiger partial charge in [0.05, 0.1) is 17.4 Å². The number of aryl methyl sites for hydroxylation is 1. The molecule has 0 saturated heterocycles. The van der Waals surface area contributed by atoms with E-state index in [-0.39, 0.29) is 17.1 Å². The Kier molecular flexibility index (Phi) is 3.36. The van der Waals surface area contributed by atoms with Gasteiger partial charge >= 0.3 is 6.18 Å². The van der Waals surface area contributed by atoms with E-state index in [1.807, 2.05) is 16.9 Å². The zero-order valence-corrected chi connectivity index (χ0v) is 16.2. The molecule has 7 rings (SSSR count). The maximum atomic E-state index is 13.0. The molecule has 0 aliphatic heterocycles. The van der Waals surface area contributed by atoms with E-state index in [2.05, 4.69) is 10.1 Å². The van der Waals surface area contributed by atoms with Crippen molar-refractivity contribution in [3.8, 4) is 17.0 Å². The number of benzene rings is 1. The molecule has 30 heavy (non-hydrogen) atoms. The van der Waals surface area contributed by atoms with Crippen molar-refractivity contribution in [1.29, 1.82) is 0 Å². The molecular formula is C22H20F3N3O2. The number of fused-ring (bicyclic) bond motifs is 1. The van der Waals surface area contributed by atoms with Gasteiger partial charge < -0.3 is 10.2 Å². The fourth-order valence-electron chi connectivity index (χ4n) is 6.34. The number of rotatable bonds is 3. The molecule has 4 fully saturated rings. The van der Waals surface area contributed by atoms with Gasteiger partial charge in [-0.05, 0) is 72.8 Å². The van der Waals surface area contributed by atoms with Crippen LogP contribution in [-0.2, 0) is 12.7 Å². The quantitative estimate of drug-likeness (QED) is 0.674. The van der Waals surface area contributed by atoms with Gasteiger partial charge in [0.2, 0.25) is 0 Å². The second kappa shape index (κ2) is 5.55. The van der Waals surface area contributed by atoms with Crippen LogP contribution in [0, 0.1) is 30.1 Å². The number of halogens is 3. The standard InChI is InChI=1S/C22H20F3N3O2/c1-10-4-13(22(23,24)25)6-16(29)17(10)15-3-2-11-8-28(27-20(11)26-15)9-21-7-12-5-14(21)18(21)19(12)30/h2-4,6,8,12,14,18-19,29-30H,5,7,9H2,1H3. The second-order valence-electron chi connectivity index (χ2n) is 9.18. The summed E-state index contributed by atoms with van der Waals surface area (Å²) in [5, 5.41) is 26.0. The number of aromatic hydroxyl groups is 1. The zero-order chi connectivity index (χ0) is 21.0. The first-order valence-electron chi connectivity index (χ1n) is 10.1. The largest absolute Gasteiger partial charge is 0.507 e. The summed E-state index contributed by atoms with van der Waals surface area (Å²) in [6, 6.07) is 5.27. The molecule has 3 aromatic rings. The Hall–Kier alpha value is -2.61. The molecule has 5 nitrogen and oxygen atoms in total. The van der Waals surface area contributed by atoms with Crippen LogP contribution in [0.25, 0.3) is 22.3 Å². The lowest BCUT2D eigenvalue weighted by Crippen LogP contribution is -2.13. The molecule has 156 valence electrons. The first-order chi connectivity index (χ1) is 14.2. The van der Waals surface area contributed by atoms with E-state index >= 15 is 0 Å². The van der Waals surface area contributed by atoms with Crippen LogP contribution < -0.4 is 0 Å². The van der Waals surface area contributed by atoms with E-state index in [1.54, 1.807) is 6.07 Å². The van der Waals surface area contributed by atoms with Gasteiger partial charge in [0.15, 0.2) is 5.65 Å². The minimum atomic E-state index is -4.52. The van der Waals surface area contributed by atoms with E-state index in [9.17, 15) is 23.4 Å². The van der Waals surface area contributed by atoms with Crippen molar-refractivity contribution in [3.05, 3.63) is 41.6 Å². The van der Waals surface area contributed by atoms with Crippen molar-refractivity contribution in [2.45, 2.75) is 38.6 Å². The summed E-state index contributed by atoms with van der Waals surface area (Å²) >= 11 is 0. The number of hydrogen-bond acceptors (Lipinski definition) is 4. The van der Waals surface area contributed by atoms with Crippen molar-refractivity contribution in [2.75, 3.05) is 0 Å². The number of phenols is 1. The van der Waals surface area contributed by atoms with Gasteiger partial charge in [-0.15, -0.1) is 0 Å². The van der Waals surface area contributed by atoms with Gasteiger partial charge in [-0.1, -0.05) is 0 Å². The average Bonchev–Trinajstić information content (AvgIpc) is 3.08. The third kappa shape index (κ3) is 2.34. The molecule has 1 aromatic carbocycles. The van der Waals surface area contributed by atoms with E-state index < -0.39 is 17.5 Å². The van der Waals surface area contributed by atoms with Gasteiger partial charge in [-0.2, -0.15) is 18.3 Å². The number of pyridine rings is 1. The van der Waals surface area contributed by atoms with Crippen LogP contribution in [0.2, 0.25) is 0 Å². The fourth-order valence-corrected chi connectivity index (χ4v) is 6.34. The van der Waals surface area contributed by atoms with Crippen molar-refractivity contribution in [3.63, 3.8) is 0 Å². The van der Waals surface area contributed by atoms with Crippen LogP contribution in [0.15, 0.2) is 30.5 Å². The lowest BCUT2D eigenvalue weighted by Gasteiger charge is -2.13. The first kappa shape index (κ1) is 18.2. The minimum Gasteiger partial charge on any atom is -0.507 e. The maximum absolute atomic E-state index is 13.0. The molecule has 0 amide bonds. The van der Waals surface area contributed by atoms with Crippen LogP contribution in [-0.4, -0.2) is 31.1 Å². The SMILES string of the molecule is Cc1cc(C(F)(F)F)cc(O)c1-c1ccc2cn(CC34CC5CC3C4C5O)nc2n1. The smallest absolute Gasteiger partial charge is 0.416 e. The topological polar surface area (TPSA) is 71.2 Å². The lowest BCUT2D eigenvalue weighted by atomic mass is 10.00. The molecule has 4 bridgehead atoms. The highest BCUT2D eigenvalue weighted by Crippen LogP contribution is 2.79. The van der Waals surface area contributed by atoms with Crippen LogP contribution >= 0.6 is 0 Å². The Bertz CT molecular complexity index is 1180. The third-order valence-corrected chi connectivity index (χ3v) is 7.55. The molecule has 8 heteroatoms. The Morgan fingerprint density at radius 3 is 2.67 bits per heavy atom. The van der Waals surface area contributed by atoms with E-state index in [0.717, 1.165) is 36.9 Å². The molecule has 0 radical (unpaired) electrons. The fraction of sp³-hybridized carbons (Fsp3) is 0.455. The highest BCUT2D eigenvalue weighted by atomic mass is 19.4. The summed E-state index contributed by atoms with van der Waals surface area (Å²) in [6.07, 6.45) is -0.600. The summed E-state index contributed by atoms with van der Waals surface area (Å²) in [6.45, 7) is 2.28. The predicted octanol–water partition coefficient (Wildman–Crippen LogP) is 4.15. The van der Waals surface area contributed by atoms with Gasteiger partial charge in [0.25, 0.3) is 0 Å². The Morgan fingerprint density at radius 2 is 2.07 bits per heavy atom. The van der Waals surface area contributed by atoms with Crippen LogP contribution in [0.1, 0.15) is 24.0 Å². The lowest BCUT2D eigenvalue weighted by molar-refractivity contribution is -0.137. The molecule has 5 unspecified atom stereocenters. The minimum absolute atomic E-state index is 0.164. The molecule has 2 heterocycles. The highest BCUT2D eigenvalue weighted by Gasteiger charge is 2.78. The molecular weight excluding hydrogens is 395 g/mol. The summed E-state index contributed by atoms with van der Waals surface area (Å²) < 4.78 is 40.9. The number of nitrogens with zero attached hydrogens (tertiary/aromatic N) is 3. The maximum Gasteiger partial charge on any atom is 0.416 e. The zero-order valence-electron chi connectivity index (χ0n) is 16.2. The van der Waals surface area contributed by atoms with Crippen molar-refractivity contribution < 1.29 is 23.4 Å². The Labute approximate surface area is 170 Å².